The van der Waals surface area contributed by atoms with Crippen LogP contribution in [0.3, 0.4) is 0 Å². The number of piperidine rings is 1. The molecule has 1 aliphatic rings. The van der Waals surface area contributed by atoms with Crippen molar-refractivity contribution in [3.63, 3.8) is 0 Å². The minimum atomic E-state index is -4.77. The molecule has 1 aliphatic heterocycles. The molecule has 3 aromatic rings. The SMILES string of the molecule is C=C/C(=C\C(=NCC)N1CCC(C#N)CC1)Cn1nc(-c2nc(-c3ccc(OC(F)(F)F)cc3)no2)nc1C. The zero-order valence-electron chi connectivity index (χ0n) is 21.5. The Morgan fingerprint density at radius 2 is 1.95 bits per heavy atom. The predicted molar refractivity (Wildman–Crippen MR) is 136 cm³/mol. The van der Waals surface area contributed by atoms with Crippen molar-refractivity contribution < 1.29 is 22.4 Å². The number of ether oxygens (including phenoxy) is 1. The van der Waals surface area contributed by atoms with E-state index >= 15 is 0 Å². The monoisotopic (exact) mass is 540 g/mol. The molecule has 13 heteroatoms. The third-order valence-corrected chi connectivity index (χ3v) is 6.05. The molecule has 4 rings (SSSR count). The Balaban J connectivity index is 1.49. The molecule has 0 radical (unpaired) electrons. The zero-order valence-corrected chi connectivity index (χ0v) is 21.5. The first-order valence-electron chi connectivity index (χ1n) is 12.3. The van der Waals surface area contributed by atoms with E-state index < -0.39 is 6.36 Å². The van der Waals surface area contributed by atoms with E-state index in [0.717, 1.165) is 37.3 Å². The van der Waals surface area contributed by atoms with Crippen molar-refractivity contribution in [2.75, 3.05) is 19.6 Å². The van der Waals surface area contributed by atoms with Gasteiger partial charge in [-0.15, -0.1) is 18.3 Å². The molecule has 0 unspecified atom stereocenters. The third kappa shape index (κ3) is 7.10. The molecule has 0 atom stereocenters. The van der Waals surface area contributed by atoms with Crippen molar-refractivity contribution in [3.05, 3.63) is 54.4 Å². The average Bonchev–Trinajstić information content (AvgIpc) is 3.54. The van der Waals surface area contributed by atoms with Crippen LogP contribution in [0, 0.1) is 24.2 Å². The molecule has 10 nitrogen and oxygen atoms in total. The first-order chi connectivity index (χ1) is 18.7. The van der Waals surface area contributed by atoms with E-state index in [1.807, 2.05) is 13.0 Å². The fourth-order valence-corrected chi connectivity index (χ4v) is 4.04. The number of aromatic nitrogens is 5. The second-order valence-corrected chi connectivity index (χ2v) is 8.78. The fourth-order valence-electron chi connectivity index (χ4n) is 4.04. The molecule has 204 valence electrons. The summed E-state index contributed by atoms with van der Waals surface area (Å²) in [6.45, 7) is 10.2. The molecule has 0 aliphatic carbocycles. The van der Waals surface area contributed by atoms with Crippen LogP contribution in [0.2, 0.25) is 0 Å². The summed E-state index contributed by atoms with van der Waals surface area (Å²) in [7, 11) is 0. The van der Waals surface area contributed by atoms with Gasteiger partial charge < -0.3 is 14.2 Å². The summed E-state index contributed by atoms with van der Waals surface area (Å²) < 4.78 is 48.1. The van der Waals surface area contributed by atoms with Gasteiger partial charge in [0.15, 0.2) is 0 Å². The van der Waals surface area contributed by atoms with Crippen LogP contribution in [0.15, 0.2) is 58.1 Å². The van der Waals surface area contributed by atoms with E-state index in [0.29, 0.717) is 24.5 Å². The molecule has 0 bridgehead atoms. The predicted octanol–water partition coefficient (Wildman–Crippen LogP) is 4.97. The topological polar surface area (TPSA) is 118 Å². The number of hydrogen-bond acceptors (Lipinski definition) is 8. The highest BCUT2D eigenvalue weighted by molar-refractivity contribution is 5.94. The number of halogens is 3. The first kappa shape index (κ1) is 27.6. The van der Waals surface area contributed by atoms with Crippen LogP contribution in [0.4, 0.5) is 13.2 Å². The number of nitriles is 1. The minimum Gasteiger partial charge on any atom is -0.406 e. The Morgan fingerprint density at radius 1 is 1.23 bits per heavy atom. The highest BCUT2D eigenvalue weighted by atomic mass is 19.4. The van der Waals surface area contributed by atoms with E-state index in [-0.39, 0.29) is 29.2 Å². The smallest absolute Gasteiger partial charge is 0.406 e. The summed E-state index contributed by atoms with van der Waals surface area (Å²) in [5, 5.41) is 17.6. The summed E-state index contributed by atoms with van der Waals surface area (Å²) in [4.78, 5) is 15.6. The highest BCUT2D eigenvalue weighted by Gasteiger charge is 2.31. The molecule has 1 aromatic carbocycles. The summed E-state index contributed by atoms with van der Waals surface area (Å²) in [6, 6.07) is 7.47. The van der Waals surface area contributed by atoms with Gasteiger partial charge in [-0.2, -0.15) is 10.2 Å². The van der Waals surface area contributed by atoms with Gasteiger partial charge in [0, 0.05) is 31.1 Å². The van der Waals surface area contributed by atoms with Gasteiger partial charge in [-0.05, 0) is 62.6 Å². The number of nitrogens with zero attached hydrogens (tertiary/aromatic N) is 8. The van der Waals surface area contributed by atoms with Gasteiger partial charge in [0.25, 0.3) is 5.89 Å². The molecule has 39 heavy (non-hydrogen) atoms. The molecular formula is C26H27F3N8O2. The molecule has 2 aromatic heterocycles. The van der Waals surface area contributed by atoms with Crippen LogP contribution < -0.4 is 4.74 Å². The lowest BCUT2D eigenvalue weighted by Gasteiger charge is -2.31. The van der Waals surface area contributed by atoms with E-state index in [2.05, 4.69) is 47.5 Å². The summed E-state index contributed by atoms with van der Waals surface area (Å²) in [5.74, 6) is 1.63. The van der Waals surface area contributed by atoms with Crippen molar-refractivity contribution in [1.82, 2.24) is 29.8 Å². The number of benzene rings is 1. The Labute approximate surface area is 223 Å². The van der Waals surface area contributed by atoms with Gasteiger partial charge in [0.1, 0.15) is 17.4 Å². The van der Waals surface area contributed by atoms with Gasteiger partial charge in [0.2, 0.25) is 11.6 Å². The van der Waals surface area contributed by atoms with Crippen LogP contribution in [0.5, 0.6) is 5.75 Å². The molecule has 0 spiro atoms. The van der Waals surface area contributed by atoms with Gasteiger partial charge in [-0.1, -0.05) is 17.8 Å². The maximum atomic E-state index is 12.4. The largest absolute Gasteiger partial charge is 0.573 e. The van der Waals surface area contributed by atoms with Crippen molar-refractivity contribution in [1.29, 1.82) is 5.26 Å². The first-order valence-corrected chi connectivity index (χ1v) is 12.3. The molecular weight excluding hydrogens is 513 g/mol. The Bertz CT molecular complexity index is 1390. The minimum absolute atomic E-state index is 0.0696. The van der Waals surface area contributed by atoms with Crippen molar-refractivity contribution in [2.24, 2.45) is 10.9 Å². The van der Waals surface area contributed by atoms with Gasteiger partial charge in [0.05, 0.1) is 12.6 Å². The van der Waals surface area contributed by atoms with E-state index in [1.165, 1.54) is 24.3 Å². The second kappa shape index (κ2) is 11.9. The highest BCUT2D eigenvalue weighted by Crippen LogP contribution is 2.26. The molecule has 0 saturated carbocycles. The molecule has 1 fully saturated rings. The van der Waals surface area contributed by atoms with Gasteiger partial charge in [-0.25, -0.2) is 9.67 Å². The fraction of sp³-hybridized carbons (Fsp3) is 0.385. The number of amidine groups is 1. The third-order valence-electron chi connectivity index (χ3n) is 6.05. The standard InChI is InChI=1S/C26H27F3N8O2/c1-4-18(14-22(31-5-2)36-12-10-19(15-30)11-13-36)16-37-17(3)32-24(34-37)25-33-23(35-39-25)20-6-8-21(9-7-20)38-26(27,28)29/h4,6-9,14,19H,1,5,10-13,16H2,2-3H3/b18-14+,31-22?. The van der Waals surface area contributed by atoms with E-state index in [9.17, 15) is 18.4 Å². The average molecular weight is 541 g/mol. The summed E-state index contributed by atoms with van der Waals surface area (Å²) in [6.07, 6.45) is 0.550. The summed E-state index contributed by atoms with van der Waals surface area (Å²) >= 11 is 0. The van der Waals surface area contributed by atoms with Gasteiger partial charge >= 0.3 is 6.36 Å². The maximum Gasteiger partial charge on any atom is 0.573 e. The molecule has 3 heterocycles. The van der Waals surface area contributed by atoms with Crippen molar-refractivity contribution in [2.45, 2.75) is 39.6 Å². The second-order valence-electron chi connectivity index (χ2n) is 8.78. The van der Waals surface area contributed by atoms with Crippen LogP contribution in [0.1, 0.15) is 25.6 Å². The number of likely N-dealkylation sites (tertiary alicyclic amines) is 1. The van der Waals surface area contributed by atoms with Crippen LogP contribution in [-0.4, -0.2) is 61.6 Å². The Morgan fingerprint density at radius 3 is 2.56 bits per heavy atom. The van der Waals surface area contributed by atoms with Crippen LogP contribution in [-0.2, 0) is 6.54 Å². The number of aryl methyl sites for hydroxylation is 1. The van der Waals surface area contributed by atoms with Crippen LogP contribution in [0.25, 0.3) is 23.1 Å². The van der Waals surface area contributed by atoms with Crippen molar-refractivity contribution in [3.8, 4) is 34.9 Å². The lowest BCUT2D eigenvalue weighted by Crippen LogP contribution is -2.37. The summed E-state index contributed by atoms with van der Waals surface area (Å²) in [5.41, 5.74) is 1.31. The molecule has 0 N–H and O–H groups in total. The van der Waals surface area contributed by atoms with E-state index in [1.54, 1.807) is 17.7 Å². The zero-order chi connectivity index (χ0) is 28.0. The Kier molecular flexibility index (Phi) is 8.43. The number of hydrogen-bond donors (Lipinski definition) is 0. The van der Waals surface area contributed by atoms with Crippen LogP contribution >= 0.6 is 0 Å². The number of alkyl halides is 3. The lowest BCUT2D eigenvalue weighted by atomic mass is 9.98. The number of aliphatic imine (C=N–C) groups is 1. The number of allylic oxidation sites excluding steroid dienone is 2. The quantitative estimate of drug-likeness (QED) is 0.223. The Hall–Kier alpha value is -4.47. The molecule has 0 amide bonds. The maximum absolute atomic E-state index is 12.4. The van der Waals surface area contributed by atoms with E-state index in [4.69, 9.17) is 4.52 Å². The molecule has 1 saturated heterocycles. The van der Waals surface area contributed by atoms with Crippen molar-refractivity contribution >= 4 is 5.84 Å². The lowest BCUT2D eigenvalue weighted by molar-refractivity contribution is -0.274. The number of rotatable bonds is 8. The van der Waals surface area contributed by atoms with Gasteiger partial charge in [-0.3, -0.25) is 4.99 Å². The normalized spacial score (nSPS) is 15.3.